The van der Waals surface area contributed by atoms with E-state index in [1.165, 1.54) is 4.90 Å². The molecule has 1 N–H and O–H groups in total. The van der Waals surface area contributed by atoms with Crippen LogP contribution in [0, 0.1) is 0 Å². The Bertz CT molecular complexity index is 297. The number of aldehydes is 1. The van der Waals surface area contributed by atoms with E-state index in [-0.39, 0.29) is 0 Å². The van der Waals surface area contributed by atoms with Crippen molar-refractivity contribution in [3.8, 4) is 5.75 Å². The molecule has 0 saturated heterocycles. The van der Waals surface area contributed by atoms with Gasteiger partial charge < -0.3 is 9.64 Å². The molecule has 0 aliphatic rings. The Balaban J connectivity index is 2.53. The predicted octanol–water partition coefficient (Wildman–Crippen LogP) is 0.0224. The quantitative estimate of drug-likeness (QED) is 0.670. The molecule has 1 aromatic rings. The van der Waals surface area contributed by atoms with E-state index in [1.54, 1.807) is 6.07 Å². The molecule has 3 heteroatoms. The molecule has 0 fully saturated rings. The van der Waals surface area contributed by atoms with Gasteiger partial charge in [0.1, 0.15) is 18.9 Å². The third kappa shape index (κ3) is 3.18. The van der Waals surface area contributed by atoms with Crippen molar-refractivity contribution in [1.82, 2.24) is 0 Å². The Morgan fingerprint density at radius 2 is 2.07 bits per heavy atom. The van der Waals surface area contributed by atoms with Crippen LogP contribution in [0.5, 0.6) is 5.75 Å². The lowest BCUT2D eigenvalue weighted by Crippen LogP contribution is -3.06. The first-order chi connectivity index (χ1) is 6.74. The number of nitrogens with one attached hydrogen (secondary N) is 1. The van der Waals surface area contributed by atoms with E-state index in [1.807, 2.05) is 18.2 Å². The Morgan fingerprint density at radius 3 is 2.71 bits per heavy atom. The van der Waals surface area contributed by atoms with E-state index in [0.717, 1.165) is 12.8 Å². The maximum atomic E-state index is 10.6. The molecule has 14 heavy (non-hydrogen) atoms. The molecule has 0 amide bonds. The summed E-state index contributed by atoms with van der Waals surface area (Å²) in [5.41, 5.74) is 0.612. The third-order valence-corrected chi connectivity index (χ3v) is 1.91. The van der Waals surface area contributed by atoms with E-state index < -0.39 is 0 Å². The highest BCUT2D eigenvalue weighted by atomic mass is 16.5. The van der Waals surface area contributed by atoms with Crippen molar-refractivity contribution < 1.29 is 14.4 Å². The summed E-state index contributed by atoms with van der Waals surface area (Å²) < 4.78 is 5.49. The number of carbonyl (C=O) groups excluding carboxylic acids is 1. The number of benzene rings is 1. The molecule has 0 saturated carbocycles. The number of hydrogen-bond donors (Lipinski definition) is 1. The van der Waals surface area contributed by atoms with Crippen molar-refractivity contribution >= 4 is 6.29 Å². The first kappa shape index (κ1) is 10.7. The van der Waals surface area contributed by atoms with Crippen LogP contribution in [-0.2, 0) is 0 Å². The number of likely N-dealkylation sites (N-methyl/N-ethyl adjacent to an activating group) is 1. The van der Waals surface area contributed by atoms with Gasteiger partial charge in [0.25, 0.3) is 0 Å². The maximum absolute atomic E-state index is 10.6. The Labute approximate surface area is 84.3 Å². The molecule has 0 radical (unpaired) electrons. The van der Waals surface area contributed by atoms with Gasteiger partial charge in [0, 0.05) is 0 Å². The van der Waals surface area contributed by atoms with Gasteiger partial charge in [-0.15, -0.1) is 0 Å². The van der Waals surface area contributed by atoms with Gasteiger partial charge in [-0.1, -0.05) is 12.1 Å². The largest absolute Gasteiger partial charge is 0.487 e. The fourth-order valence-corrected chi connectivity index (χ4v) is 1.07. The summed E-state index contributed by atoms with van der Waals surface area (Å²) in [6.45, 7) is 1.56. The molecule has 0 heterocycles. The minimum absolute atomic E-state index is 0.612. The lowest BCUT2D eigenvalue weighted by Gasteiger charge is -2.10. The predicted molar refractivity (Wildman–Crippen MR) is 55.0 cm³/mol. The zero-order valence-electron chi connectivity index (χ0n) is 8.62. The fraction of sp³-hybridized carbons (Fsp3) is 0.364. The van der Waals surface area contributed by atoms with Crippen LogP contribution in [0.4, 0.5) is 0 Å². The average Bonchev–Trinajstić information content (AvgIpc) is 2.18. The van der Waals surface area contributed by atoms with Gasteiger partial charge in [0.2, 0.25) is 0 Å². The molecule has 0 spiro atoms. The van der Waals surface area contributed by atoms with Gasteiger partial charge in [-0.3, -0.25) is 4.79 Å². The second kappa shape index (κ2) is 5.40. The zero-order valence-corrected chi connectivity index (χ0v) is 8.62. The van der Waals surface area contributed by atoms with E-state index in [0.29, 0.717) is 17.9 Å². The molecular formula is C11H16NO2+. The molecular weight excluding hydrogens is 178 g/mol. The molecule has 3 nitrogen and oxygen atoms in total. The monoisotopic (exact) mass is 194 g/mol. The number of hydrogen-bond acceptors (Lipinski definition) is 2. The van der Waals surface area contributed by atoms with Gasteiger partial charge in [0.15, 0.2) is 6.29 Å². The second-order valence-electron chi connectivity index (χ2n) is 3.46. The van der Waals surface area contributed by atoms with Crippen LogP contribution in [0.2, 0.25) is 0 Å². The molecule has 0 aliphatic heterocycles. The minimum atomic E-state index is 0.612. The lowest BCUT2D eigenvalue weighted by molar-refractivity contribution is -0.858. The maximum Gasteiger partial charge on any atom is 0.153 e. The second-order valence-corrected chi connectivity index (χ2v) is 3.46. The van der Waals surface area contributed by atoms with Crippen LogP contribution in [-0.4, -0.2) is 33.5 Å². The number of carbonyl (C=O) groups is 1. The Hall–Kier alpha value is -1.35. The molecule has 0 atom stereocenters. The highest BCUT2D eigenvalue weighted by molar-refractivity contribution is 5.79. The summed E-state index contributed by atoms with van der Waals surface area (Å²) in [5.74, 6) is 0.670. The van der Waals surface area contributed by atoms with Crippen LogP contribution in [0.1, 0.15) is 10.4 Å². The van der Waals surface area contributed by atoms with Gasteiger partial charge >= 0.3 is 0 Å². The first-order valence-electron chi connectivity index (χ1n) is 4.70. The summed E-state index contributed by atoms with van der Waals surface area (Å²) in [5, 5.41) is 0. The Morgan fingerprint density at radius 1 is 1.36 bits per heavy atom. The van der Waals surface area contributed by atoms with E-state index in [2.05, 4.69) is 14.1 Å². The summed E-state index contributed by atoms with van der Waals surface area (Å²) in [7, 11) is 4.13. The van der Waals surface area contributed by atoms with Crippen LogP contribution in [0.25, 0.3) is 0 Å². The smallest absolute Gasteiger partial charge is 0.153 e. The molecule has 1 rings (SSSR count). The van der Waals surface area contributed by atoms with Crippen molar-refractivity contribution in [1.29, 1.82) is 0 Å². The van der Waals surface area contributed by atoms with Gasteiger partial charge in [0.05, 0.1) is 19.7 Å². The molecule has 1 aromatic carbocycles. The van der Waals surface area contributed by atoms with Crippen LogP contribution in [0.3, 0.4) is 0 Å². The number of rotatable bonds is 5. The number of quaternary nitrogens is 1. The summed E-state index contributed by atoms with van der Waals surface area (Å²) in [4.78, 5) is 12.0. The summed E-state index contributed by atoms with van der Waals surface area (Å²) in [6.07, 6.45) is 0.817. The van der Waals surface area contributed by atoms with Crippen LogP contribution >= 0.6 is 0 Å². The standard InChI is InChI=1S/C11H15NO2/c1-12(2)7-8-14-11-6-4-3-5-10(11)9-13/h3-6,9H,7-8H2,1-2H3/p+1. The van der Waals surface area contributed by atoms with Gasteiger partial charge in [-0.25, -0.2) is 0 Å². The Kier molecular flexibility index (Phi) is 4.13. The summed E-state index contributed by atoms with van der Waals surface area (Å²) in [6, 6.07) is 7.26. The fourth-order valence-electron chi connectivity index (χ4n) is 1.07. The number of para-hydroxylation sites is 1. The van der Waals surface area contributed by atoms with E-state index in [9.17, 15) is 4.79 Å². The van der Waals surface area contributed by atoms with Crippen LogP contribution in [0.15, 0.2) is 24.3 Å². The highest BCUT2D eigenvalue weighted by Crippen LogP contribution is 2.14. The van der Waals surface area contributed by atoms with Gasteiger partial charge in [-0.2, -0.15) is 0 Å². The summed E-state index contributed by atoms with van der Waals surface area (Å²) >= 11 is 0. The molecule has 76 valence electrons. The highest BCUT2D eigenvalue weighted by Gasteiger charge is 2.01. The van der Waals surface area contributed by atoms with Crippen molar-refractivity contribution in [3.63, 3.8) is 0 Å². The lowest BCUT2D eigenvalue weighted by atomic mass is 10.2. The normalized spacial score (nSPS) is 10.2. The SMILES string of the molecule is C[NH+](C)CCOc1ccccc1C=O. The number of ether oxygens (including phenoxy) is 1. The zero-order chi connectivity index (χ0) is 10.4. The first-order valence-corrected chi connectivity index (χ1v) is 4.70. The van der Waals surface area contributed by atoms with Crippen molar-refractivity contribution in [3.05, 3.63) is 29.8 Å². The van der Waals surface area contributed by atoms with Crippen LogP contribution < -0.4 is 9.64 Å². The van der Waals surface area contributed by atoms with Crippen molar-refractivity contribution in [2.24, 2.45) is 0 Å². The van der Waals surface area contributed by atoms with E-state index >= 15 is 0 Å². The molecule has 0 unspecified atom stereocenters. The van der Waals surface area contributed by atoms with Crippen molar-refractivity contribution in [2.45, 2.75) is 0 Å². The molecule has 0 aliphatic carbocycles. The molecule has 0 aromatic heterocycles. The minimum Gasteiger partial charge on any atom is -0.487 e. The average molecular weight is 194 g/mol. The van der Waals surface area contributed by atoms with Gasteiger partial charge in [-0.05, 0) is 12.1 Å². The topological polar surface area (TPSA) is 30.7 Å². The third-order valence-electron chi connectivity index (χ3n) is 1.91. The van der Waals surface area contributed by atoms with E-state index in [4.69, 9.17) is 4.74 Å². The van der Waals surface area contributed by atoms with Crippen molar-refractivity contribution in [2.75, 3.05) is 27.2 Å². The molecule has 0 bridgehead atoms.